The molecule has 1 aromatic rings. The second kappa shape index (κ2) is 2.72. The van der Waals surface area contributed by atoms with Gasteiger partial charge in [-0.05, 0) is 23.8 Å². The Labute approximate surface area is 90.5 Å². The molecule has 3 atom stereocenters. The Bertz CT molecular complexity index is 405. The minimum Gasteiger partial charge on any atom is -0.299 e. The minimum atomic E-state index is -0.144. The highest BCUT2D eigenvalue weighted by atomic mass is 16.1. The summed E-state index contributed by atoms with van der Waals surface area (Å²) in [5.41, 5.74) is 1.20. The van der Waals surface area contributed by atoms with Crippen LogP contribution in [0.3, 0.4) is 0 Å². The van der Waals surface area contributed by atoms with Crippen LogP contribution in [-0.2, 0) is 4.79 Å². The van der Waals surface area contributed by atoms with Crippen LogP contribution in [-0.4, -0.2) is 5.78 Å². The van der Waals surface area contributed by atoms with Crippen LogP contribution in [0, 0.1) is 17.3 Å². The van der Waals surface area contributed by atoms with Crippen molar-refractivity contribution in [2.75, 3.05) is 0 Å². The molecule has 0 spiro atoms. The van der Waals surface area contributed by atoms with E-state index in [0.717, 1.165) is 6.42 Å². The molecule has 2 aliphatic rings. The lowest BCUT2D eigenvalue weighted by Crippen LogP contribution is -2.27. The highest BCUT2D eigenvalue weighted by Gasteiger charge is 2.63. The second-order valence-electron chi connectivity index (χ2n) is 5.48. The maximum absolute atomic E-state index is 12.1. The van der Waals surface area contributed by atoms with Crippen LogP contribution in [0.1, 0.15) is 31.7 Å². The van der Waals surface area contributed by atoms with Gasteiger partial charge in [0.2, 0.25) is 0 Å². The van der Waals surface area contributed by atoms with Crippen LogP contribution in [0.2, 0.25) is 0 Å². The van der Waals surface area contributed by atoms with Gasteiger partial charge in [0.05, 0.1) is 0 Å². The van der Waals surface area contributed by atoms with Gasteiger partial charge in [-0.1, -0.05) is 44.2 Å². The van der Waals surface area contributed by atoms with Crippen molar-refractivity contribution < 1.29 is 4.79 Å². The fourth-order valence-electron chi connectivity index (χ4n) is 3.38. The van der Waals surface area contributed by atoms with E-state index in [-0.39, 0.29) is 5.41 Å². The van der Waals surface area contributed by atoms with Gasteiger partial charge in [0, 0.05) is 11.3 Å². The van der Waals surface area contributed by atoms with Crippen molar-refractivity contribution in [3.63, 3.8) is 0 Å². The molecule has 0 amide bonds. The third-order valence-electron chi connectivity index (χ3n) is 4.18. The summed E-state index contributed by atoms with van der Waals surface area (Å²) in [4.78, 5) is 12.1. The summed E-state index contributed by atoms with van der Waals surface area (Å²) in [7, 11) is 0. The minimum absolute atomic E-state index is 0.144. The molecule has 1 heteroatoms. The molecule has 3 unspecified atom stereocenters. The summed E-state index contributed by atoms with van der Waals surface area (Å²) in [6, 6.07) is 10.5. The molecule has 0 N–H and O–H groups in total. The van der Waals surface area contributed by atoms with Gasteiger partial charge in [0.1, 0.15) is 5.78 Å². The molecular weight excluding hydrogens is 184 g/mol. The second-order valence-corrected chi connectivity index (χ2v) is 5.48. The molecule has 1 nitrogen and oxygen atoms in total. The molecule has 0 bridgehead atoms. The van der Waals surface area contributed by atoms with Gasteiger partial charge in [0.15, 0.2) is 0 Å². The number of ketones is 1. The van der Waals surface area contributed by atoms with Crippen LogP contribution in [0.25, 0.3) is 0 Å². The van der Waals surface area contributed by atoms with Gasteiger partial charge < -0.3 is 0 Å². The zero-order valence-corrected chi connectivity index (χ0v) is 9.23. The van der Waals surface area contributed by atoms with E-state index in [0.29, 0.717) is 23.5 Å². The Hall–Kier alpha value is -1.11. The van der Waals surface area contributed by atoms with Crippen molar-refractivity contribution in [1.29, 1.82) is 0 Å². The number of Topliss-reactive ketones (excluding diaryl/α,β-unsaturated/α-hetero) is 1. The van der Waals surface area contributed by atoms with Gasteiger partial charge in [-0.2, -0.15) is 0 Å². The number of benzene rings is 1. The normalized spacial score (nSPS) is 36.4. The Kier molecular flexibility index (Phi) is 1.66. The van der Waals surface area contributed by atoms with E-state index in [4.69, 9.17) is 0 Å². The predicted molar refractivity (Wildman–Crippen MR) is 59.6 cm³/mol. The molecule has 2 saturated carbocycles. The lowest BCUT2D eigenvalue weighted by atomic mass is 9.74. The smallest absolute Gasteiger partial charge is 0.142 e. The van der Waals surface area contributed by atoms with Crippen LogP contribution in [0.4, 0.5) is 0 Å². The largest absolute Gasteiger partial charge is 0.299 e. The summed E-state index contributed by atoms with van der Waals surface area (Å²) in [5.74, 6) is 1.96. The fourth-order valence-corrected chi connectivity index (χ4v) is 3.38. The van der Waals surface area contributed by atoms with Crippen molar-refractivity contribution in [3.8, 4) is 0 Å². The van der Waals surface area contributed by atoms with Crippen molar-refractivity contribution in [1.82, 2.24) is 0 Å². The number of fused-ring (bicyclic) bond motifs is 1. The number of carbonyl (C=O) groups excluding carboxylic acids is 1. The average Bonchev–Trinajstić information content (AvgIpc) is 2.94. The third-order valence-corrected chi connectivity index (χ3v) is 4.18. The standard InChI is InChI=1S/C14H16O/c1-14(2)12(9-6-4-3-5-7-9)10-8-11(10)13(14)15/h3-7,10-12H,8H2,1-2H3. The zero-order chi connectivity index (χ0) is 10.6. The molecule has 78 valence electrons. The Balaban J connectivity index is 2.03. The van der Waals surface area contributed by atoms with Crippen molar-refractivity contribution in [2.45, 2.75) is 26.2 Å². The third kappa shape index (κ3) is 1.12. The van der Waals surface area contributed by atoms with Gasteiger partial charge in [-0.15, -0.1) is 0 Å². The maximum atomic E-state index is 12.1. The number of hydrogen-bond acceptors (Lipinski definition) is 1. The molecule has 0 heterocycles. The van der Waals surface area contributed by atoms with Crippen LogP contribution in [0.5, 0.6) is 0 Å². The molecule has 2 aliphatic carbocycles. The van der Waals surface area contributed by atoms with Crippen molar-refractivity contribution in [3.05, 3.63) is 35.9 Å². The highest BCUT2D eigenvalue weighted by Crippen LogP contribution is 2.64. The first-order valence-electron chi connectivity index (χ1n) is 5.71. The molecule has 0 aliphatic heterocycles. The van der Waals surface area contributed by atoms with Gasteiger partial charge in [0.25, 0.3) is 0 Å². The lowest BCUT2D eigenvalue weighted by Gasteiger charge is -2.28. The predicted octanol–water partition coefficient (Wildman–Crippen LogP) is 3.02. The van der Waals surface area contributed by atoms with Crippen molar-refractivity contribution in [2.24, 2.45) is 17.3 Å². The van der Waals surface area contributed by atoms with E-state index in [1.165, 1.54) is 5.56 Å². The zero-order valence-electron chi connectivity index (χ0n) is 9.23. The summed E-state index contributed by atoms with van der Waals surface area (Å²) < 4.78 is 0. The van der Waals surface area contributed by atoms with Crippen molar-refractivity contribution >= 4 is 5.78 Å². The first-order valence-corrected chi connectivity index (χ1v) is 5.71. The van der Waals surface area contributed by atoms with Gasteiger partial charge in [-0.3, -0.25) is 4.79 Å². The molecule has 0 radical (unpaired) electrons. The molecule has 0 aromatic heterocycles. The number of rotatable bonds is 1. The van der Waals surface area contributed by atoms with E-state index in [2.05, 4.69) is 38.1 Å². The average molecular weight is 200 g/mol. The Morgan fingerprint density at radius 2 is 1.87 bits per heavy atom. The maximum Gasteiger partial charge on any atom is 0.142 e. The quantitative estimate of drug-likeness (QED) is 0.681. The lowest BCUT2D eigenvalue weighted by molar-refractivity contribution is -0.126. The number of hydrogen-bond donors (Lipinski definition) is 0. The molecule has 1 aromatic carbocycles. The molecular formula is C14H16O. The van der Waals surface area contributed by atoms with E-state index in [1.54, 1.807) is 0 Å². The highest BCUT2D eigenvalue weighted by molar-refractivity contribution is 5.93. The summed E-state index contributed by atoms with van der Waals surface area (Å²) in [5, 5.41) is 0. The summed E-state index contributed by atoms with van der Waals surface area (Å²) >= 11 is 0. The van der Waals surface area contributed by atoms with Crippen LogP contribution in [0.15, 0.2) is 30.3 Å². The van der Waals surface area contributed by atoms with E-state index in [9.17, 15) is 4.79 Å². The van der Waals surface area contributed by atoms with Gasteiger partial charge in [-0.25, -0.2) is 0 Å². The molecule has 2 fully saturated rings. The SMILES string of the molecule is CC1(C)C(=O)C2CC2C1c1ccccc1. The first kappa shape index (κ1) is 9.14. The summed E-state index contributed by atoms with van der Waals surface area (Å²) in [6.45, 7) is 4.22. The van der Waals surface area contributed by atoms with E-state index >= 15 is 0 Å². The topological polar surface area (TPSA) is 17.1 Å². The fraction of sp³-hybridized carbons (Fsp3) is 0.500. The number of carbonyl (C=O) groups is 1. The molecule has 0 saturated heterocycles. The van der Waals surface area contributed by atoms with E-state index < -0.39 is 0 Å². The molecule has 3 rings (SSSR count). The first-order chi connectivity index (χ1) is 7.12. The Morgan fingerprint density at radius 1 is 1.20 bits per heavy atom. The monoisotopic (exact) mass is 200 g/mol. The Morgan fingerprint density at radius 3 is 2.40 bits per heavy atom. The van der Waals surface area contributed by atoms with Crippen LogP contribution < -0.4 is 0 Å². The van der Waals surface area contributed by atoms with Gasteiger partial charge >= 0.3 is 0 Å². The summed E-state index contributed by atoms with van der Waals surface area (Å²) in [6.07, 6.45) is 1.13. The molecule has 15 heavy (non-hydrogen) atoms. The van der Waals surface area contributed by atoms with Crippen LogP contribution >= 0.6 is 0 Å². The van der Waals surface area contributed by atoms with E-state index in [1.807, 2.05) is 6.07 Å².